The Balaban J connectivity index is 2.05. The van der Waals surface area contributed by atoms with Gasteiger partial charge in [0, 0.05) is 18.1 Å². The molecule has 3 rings (SSSR count). The van der Waals surface area contributed by atoms with E-state index >= 15 is 0 Å². The van der Waals surface area contributed by atoms with Crippen molar-refractivity contribution < 1.29 is 14.7 Å². The minimum absolute atomic E-state index is 0.0385. The highest BCUT2D eigenvalue weighted by Crippen LogP contribution is 2.20. The molecule has 1 N–H and O–H groups in total. The maximum atomic E-state index is 12.6. The first-order chi connectivity index (χ1) is 10.1. The number of fused-ring (bicyclic) bond motifs is 1. The van der Waals surface area contributed by atoms with Crippen LogP contribution in [-0.2, 0) is 11.2 Å². The van der Waals surface area contributed by atoms with Crippen LogP contribution in [0.3, 0.4) is 0 Å². The van der Waals surface area contributed by atoms with Crippen molar-refractivity contribution >= 4 is 28.6 Å². The molecule has 0 saturated heterocycles. The number of carboxylic acid groups (broad SMARTS) is 1. The molecule has 3 heterocycles. The standard InChI is InChI=1S/C16H13NO3S/c18-15(19)6-5-11-9-12-3-1-7-17(12)13(10-11)16(20)14-4-2-8-21-14/h1-4,7-10H,5-6H2,(H,18,19). The number of thiophene rings is 1. The van der Waals surface area contributed by atoms with Crippen molar-refractivity contribution in [2.45, 2.75) is 12.8 Å². The van der Waals surface area contributed by atoms with Crippen molar-refractivity contribution in [2.75, 3.05) is 0 Å². The minimum Gasteiger partial charge on any atom is -0.481 e. The van der Waals surface area contributed by atoms with Gasteiger partial charge < -0.3 is 9.51 Å². The van der Waals surface area contributed by atoms with E-state index in [-0.39, 0.29) is 12.2 Å². The molecule has 0 unspecified atom stereocenters. The first-order valence-corrected chi connectivity index (χ1v) is 7.43. The smallest absolute Gasteiger partial charge is 0.303 e. The number of aliphatic carboxylic acids is 1. The van der Waals surface area contributed by atoms with Crippen LogP contribution in [0.1, 0.15) is 27.3 Å². The van der Waals surface area contributed by atoms with E-state index in [1.54, 1.807) is 12.1 Å². The van der Waals surface area contributed by atoms with Gasteiger partial charge in [-0.2, -0.15) is 0 Å². The maximum absolute atomic E-state index is 12.6. The zero-order valence-corrected chi connectivity index (χ0v) is 12.0. The fourth-order valence-electron chi connectivity index (χ4n) is 2.31. The quantitative estimate of drug-likeness (QED) is 0.736. The third kappa shape index (κ3) is 2.73. The molecule has 0 aliphatic heterocycles. The van der Waals surface area contributed by atoms with Crippen LogP contribution in [-0.4, -0.2) is 21.3 Å². The summed E-state index contributed by atoms with van der Waals surface area (Å²) in [6.45, 7) is 0. The van der Waals surface area contributed by atoms with E-state index in [1.165, 1.54) is 11.3 Å². The topological polar surface area (TPSA) is 58.8 Å². The number of carbonyl (C=O) groups is 2. The third-order valence-electron chi connectivity index (χ3n) is 3.30. The van der Waals surface area contributed by atoms with Crippen molar-refractivity contribution in [2.24, 2.45) is 0 Å². The van der Waals surface area contributed by atoms with Gasteiger partial charge in [-0.15, -0.1) is 11.3 Å². The summed E-state index contributed by atoms with van der Waals surface area (Å²) in [6.07, 6.45) is 2.32. The number of hydrogen-bond acceptors (Lipinski definition) is 3. The predicted molar refractivity (Wildman–Crippen MR) is 81.1 cm³/mol. The largest absolute Gasteiger partial charge is 0.481 e. The summed E-state index contributed by atoms with van der Waals surface area (Å²) < 4.78 is 1.84. The van der Waals surface area contributed by atoms with Crippen molar-refractivity contribution in [3.8, 4) is 0 Å². The molecule has 0 atom stereocenters. The maximum Gasteiger partial charge on any atom is 0.303 e. The number of ketones is 1. The Morgan fingerprint density at radius 1 is 1.19 bits per heavy atom. The van der Waals surface area contributed by atoms with Gasteiger partial charge in [0.25, 0.3) is 0 Å². The fraction of sp³-hybridized carbons (Fsp3) is 0.125. The highest BCUT2D eigenvalue weighted by atomic mass is 32.1. The minimum atomic E-state index is -0.837. The summed E-state index contributed by atoms with van der Waals surface area (Å²) >= 11 is 1.40. The van der Waals surface area contributed by atoms with Gasteiger partial charge in [0.2, 0.25) is 5.78 Å². The van der Waals surface area contributed by atoms with Crippen LogP contribution < -0.4 is 0 Å². The molecule has 0 bridgehead atoms. The third-order valence-corrected chi connectivity index (χ3v) is 4.17. The Labute approximate surface area is 125 Å². The lowest BCUT2D eigenvalue weighted by Crippen LogP contribution is -2.07. The van der Waals surface area contributed by atoms with Gasteiger partial charge in [-0.3, -0.25) is 9.59 Å². The molecule has 0 saturated carbocycles. The highest BCUT2D eigenvalue weighted by molar-refractivity contribution is 7.12. The van der Waals surface area contributed by atoms with Crippen LogP contribution in [0.2, 0.25) is 0 Å². The van der Waals surface area contributed by atoms with Gasteiger partial charge in [0.05, 0.1) is 10.6 Å². The summed E-state index contributed by atoms with van der Waals surface area (Å²) in [7, 11) is 0. The number of aromatic nitrogens is 1. The summed E-state index contributed by atoms with van der Waals surface area (Å²) in [5.74, 6) is -0.875. The average molecular weight is 299 g/mol. The Kier molecular flexibility index (Phi) is 3.58. The first kappa shape index (κ1) is 13.6. The molecule has 0 radical (unpaired) electrons. The number of pyridine rings is 1. The lowest BCUT2D eigenvalue weighted by Gasteiger charge is -2.08. The van der Waals surface area contributed by atoms with Gasteiger partial charge in [-0.25, -0.2) is 0 Å². The molecule has 0 amide bonds. The van der Waals surface area contributed by atoms with Gasteiger partial charge in [0.15, 0.2) is 0 Å². The molecule has 0 aliphatic carbocycles. The van der Waals surface area contributed by atoms with Crippen LogP contribution in [0.4, 0.5) is 0 Å². The zero-order valence-electron chi connectivity index (χ0n) is 11.2. The number of carboxylic acids is 1. The van der Waals surface area contributed by atoms with Crippen LogP contribution >= 0.6 is 11.3 Å². The molecule has 21 heavy (non-hydrogen) atoms. The average Bonchev–Trinajstić information content (AvgIpc) is 3.14. The van der Waals surface area contributed by atoms with Crippen molar-refractivity contribution in [3.05, 3.63) is 64.1 Å². The summed E-state index contributed by atoms with van der Waals surface area (Å²) in [6, 6.07) is 11.1. The van der Waals surface area contributed by atoms with Crippen molar-refractivity contribution in [3.63, 3.8) is 0 Å². The van der Waals surface area contributed by atoms with Crippen molar-refractivity contribution in [1.82, 2.24) is 4.40 Å². The number of aryl methyl sites for hydroxylation is 1. The lowest BCUT2D eigenvalue weighted by atomic mass is 10.1. The van der Waals surface area contributed by atoms with Gasteiger partial charge in [0.1, 0.15) is 0 Å². The van der Waals surface area contributed by atoms with E-state index in [2.05, 4.69) is 0 Å². The van der Waals surface area contributed by atoms with Crippen LogP contribution in [0.25, 0.3) is 5.52 Å². The first-order valence-electron chi connectivity index (χ1n) is 6.55. The molecular formula is C16H13NO3S. The molecule has 5 heteroatoms. The molecule has 0 aliphatic rings. The Bertz CT molecular complexity index is 802. The molecule has 0 aromatic carbocycles. The number of hydrogen-bond donors (Lipinski definition) is 1. The molecular weight excluding hydrogens is 286 g/mol. The molecule has 3 aromatic rings. The molecule has 4 nitrogen and oxygen atoms in total. The monoisotopic (exact) mass is 299 g/mol. The number of carbonyl (C=O) groups excluding carboxylic acids is 1. The second-order valence-electron chi connectivity index (χ2n) is 4.75. The van der Waals surface area contributed by atoms with E-state index < -0.39 is 5.97 Å². The number of nitrogens with zero attached hydrogens (tertiary/aromatic N) is 1. The molecule has 0 fully saturated rings. The molecule has 0 spiro atoms. The summed E-state index contributed by atoms with van der Waals surface area (Å²) in [5, 5.41) is 10.7. The normalized spacial score (nSPS) is 10.9. The second-order valence-corrected chi connectivity index (χ2v) is 5.70. The summed E-state index contributed by atoms with van der Waals surface area (Å²) in [4.78, 5) is 24.0. The fourth-order valence-corrected chi connectivity index (χ4v) is 2.98. The Morgan fingerprint density at radius 3 is 2.76 bits per heavy atom. The van der Waals surface area contributed by atoms with E-state index in [4.69, 9.17) is 5.11 Å². The Hall–Kier alpha value is -2.40. The number of rotatable bonds is 5. The molecule has 106 valence electrons. The molecule has 3 aromatic heterocycles. The highest BCUT2D eigenvalue weighted by Gasteiger charge is 2.15. The predicted octanol–water partition coefficient (Wildman–Crippen LogP) is 3.25. The van der Waals surface area contributed by atoms with Crippen LogP contribution in [0.15, 0.2) is 48.0 Å². The van der Waals surface area contributed by atoms with Crippen LogP contribution in [0, 0.1) is 0 Å². The van der Waals surface area contributed by atoms with E-state index in [0.29, 0.717) is 17.0 Å². The van der Waals surface area contributed by atoms with Crippen molar-refractivity contribution in [1.29, 1.82) is 0 Å². The van der Waals surface area contributed by atoms with E-state index in [9.17, 15) is 9.59 Å². The van der Waals surface area contributed by atoms with E-state index in [0.717, 1.165) is 11.1 Å². The zero-order chi connectivity index (χ0) is 14.8. The van der Waals surface area contributed by atoms with Gasteiger partial charge in [-0.05, 0) is 47.7 Å². The lowest BCUT2D eigenvalue weighted by molar-refractivity contribution is -0.136. The second kappa shape index (κ2) is 5.54. The summed E-state index contributed by atoms with van der Waals surface area (Å²) in [5.41, 5.74) is 2.33. The van der Waals surface area contributed by atoms with Gasteiger partial charge >= 0.3 is 5.97 Å². The van der Waals surface area contributed by atoms with Crippen LogP contribution in [0.5, 0.6) is 0 Å². The van der Waals surface area contributed by atoms with E-state index in [1.807, 2.05) is 40.2 Å². The SMILES string of the molecule is O=C(O)CCc1cc(C(=O)c2cccs2)n2cccc2c1. The van der Waals surface area contributed by atoms with Gasteiger partial charge in [-0.1, -0.05) is 6.07 Å². The Morgan fingerprint density at radius 2 is 2.05 bits per heavy atom.